The summed E-state index contributed by atoms with van der Waals surface area (Å²) in [6.45, 7) is -0.150. The normalized spacial score (nSPS) is 9.12. The average molecular weight is 108 g/mol. The fourth-order valence-electron chi connectivity index (χ4n) is 0.479. The number of rotatable bonds is 1. The molecule has 0 radical (unpaired) electrons. The molecule has 2 heteroatoms. The van der Waals surface area contributed by atoms with E-state index in [1.165, 1.54) is 0 Å². The van der Waals surface area contributed by atoms with Gasteiger partial charge in [-0.1, -0.05) is 5.56 Å². The van der Waals surface area contributed by atoms with Crippen LogP contribution in [0.4, 0.5) is 0 Å². The minimum atomic E-state index is -0.150. The first-order valence-electron chi connectivity index (χ1n) is 2.40. The third-order valence-corrected chi connectivity index (χ3v) is 0.916. The van der Waals surface area contributed by atoms with E-state index in [1.54, 1.807) is 24.5 Å². The lowest BCUT2D eigenvalue weighted by molar-refractivity contribution is -0.386. The lowest BCUT2D eigenvalue weighted by Crippen LogP contribution is -2.01. The van der Waals surface area contributed by atoms with Crippen LogP contribution in [0.1, 0.15) is 5.56 Å². The van der Waals surface area contributed by atoms with Crippen LogP contribution in [0.25, 0.3) is 0 Å². The van der Waals surface area contributed by atoms with E-state index in [0.717, 1.165) is 5.56 Å². The minimum absolute atomic E-state index is 0.150. The highest BCUT2D eigenvalue weighted by Gasteiger charge is 1.76. The third kappa shape index (κ3) is 1.04. The molecule has 0 spiro atoms. The highest BCUT2D eigenvalue weighted by Crippen LogP contribution is 1.90. The fraction of sp³-hybridized carbons (Fsp3) is 0.167. The summed E-state index contributed by atoms with van der Waals surface area (Å²) in [5.41, 5.74) is 0.792. The predicted octanol–water partition coefficient (Wildman–Crippen LogP) is -0.0581. The number of pyridine rings is 1. The molecule has 0 saturated carbocycles. The molecule has 0 aromatic carbocycles. The first-order chi connectivity index (χ1) is 3.93. The number of nitrogens with zero attached hydrogens (tertiary/aromatic N) is 1. The zero-order valence-electron chi connectivity index (χ0n) is 4.37. The van der Waals surface area contributed by atoms with Crippen LogP contribution in [0.3, 0.4) is 0 Å². The molecule has 1 aromatic rings. The molecule has 8 heavy (non-hydrogen) atoms. The van der Waals surface area contributed by atoms with Gasteiger partial charge in [-0.3, -0.25) is 4.98 Å². The first kappa shape index (κ1) is 5.25. The summed E-state index contributed by atoms with van der Waals surface area (Å²) >= 11 is 0. The maximum atomic E-state index is 10.1. The van der Waals surface area contributed by atoms with Crippen molar-refractivity contribution in [3.63, 3.8) is 0 Å². The number of hydrogen-bond donors (Lipinski definition) is 0. The Hall–Kier alpha value is -0.890. The molecule has 0 aliphatic rings. The highest BCUT2D eigenvalue weighted by atomic mass is 16.3. The van der Waals surface area contributed by atoms with Gasteiger partial charge in [-0.2, -0.15) is 0 Å². The van der Waals surface area contributed by atoms with Gasteiger partial charge in [0.05, 0.1) is 0 Å². The van der Waals surface area contributed by atoms with Crippen molar-refractivity contribution in [3.8, 4) is 0 Å². The summed E-state index contributed by atoms with van der Waals surface area (Å²) in [5, 5.41) is 10.1. The Kier molecular flexibility index (Phi) is 1.59. The van der Waals surface area contributed by atoms with Crippen molar-refractivity contribution in [2.75, 3.05) is 0 Å². The van der Waals surface area contributed by atoms with Crippen molar-refractivity contribution in [2.24, 2.45) is 0 Å². The third-order valence-electron chi connectivity index (χ3n) is 0.916. The van der Waals surface area contributed by atoms with E-state index in [1.807, 2.05) is 0 Å². The molecule has 0 atom stereocenters. The molecule has 0 aliphatic carbocycles. The van der Waals surface area contributed by atoms with Crippen molar-refractivity contribution in [1.29, 1.82) is 0 Å². The van der Waals surface area contributed by atoms with Gasteiger partial charge in [-0.05, 0) is 12.1 Å². The summed E-state index contributed by atoms with van der Waals surface area (Å²) in [6.07, 6.45) is 3.24. The van der Waals surface area contributed by atoms with E-state index >= 15 is 0 Å². The Morgan fingerprint density at radius 3 is 2.38 bits per heavy atom. The standard InChI is InChI=1S/C6H6NO/c8-5-6-1-3-7-4-2-6/h1-4H,5H2/q-1. The van der Waals surface area contributed by atoms with Crippen LogP contribution in [0.15, 0.2) is 24.5 Å². The quantitative estimate of drug-likeness (QED) is 0.505. The summed E-state index contributed by atoms with van der Waals surface area (Å²) < 4.78 is 0. The molecular formula is C6H6NO-. The summed E-state index contributed by atoms with van der Waals surface area (Å²) in [5.74, 6) is 0. The van der Waals surface area contributed by atoms with Crippen molar-refractivity contribution in [1.82, 2.24) is 4.98 Å². The Morgan fingerprint density at radius 1 is 1.38 bits per heavy atom. The van der Waals surface area contributed by atoms with Gasteiger partial charge in [0.1, 0.15) is 0 Å². The predicted molar refractivity (Wildman–Crippen MR) is 27.9 cm³/mol. The Balaban J connectivity index is 2.83. The van der Waals surface area contributed by atoms with Crippen molar-refractivity contribution in [2.45, 2.75) is 6.61 Å². The molecule has 0 fully saturated rings. The highest BCUT2D eigenvalue weighted by molar-refractivity contribution is 5.07. The van der Waals surface area contributed by atoms with Crippen LogP contribution in [-0.4, -0.2) is 4.98 Å². The molecule has 0 amide bonds. The smallest absolute Gasteiger partial charge is 0.0270 e. The molecule has 1 aromatic heterocycles. The van der Waals surface area contributed by atoms with Crippen LogP contribution in [0.5, 0.6) is 0 Å². The minimum Gasteiger partial charge on any atom is -0.851 e. The molecule has 0 bridgehead atoms. The summed E-state index contributed by atoms with van der Waals surface area (Å²) in [7, 11) is 0. The van der Waals surface area contributed by atoms with Crippen LogP contribution in [0.2, 0.25) is 0 Å². The molecule has 0 unspecified atom stereocenters. The first-order valence-corrected chi connectivity index (χ1v) is 2.40. The second-order valence-corrected chi connectivity index (χ2v) is 1.50. The van der Waals surface area contributed by atoms with Gasteiger partial charge >= 0.3 is 0 Å². The van der Waals surface area contributed by atoms with E-state index in [9.17, 15) is 5.11 Å². The number of hydrogen-bond acceptors (Lipinski definition) is 2. The monoisotopic (exact) mass is 108 g/mol. The van der Waals surface area contributed by atoms with Gasteiger partial charge in [0.2, 0.25) is 0 Å². The molecule has 1 heterocycles. The van der Waals surface area contributed by atoms with Gasteiger partial charge in [0.15, 0.2) is 0 Å². The van der Waals surface area contributed by atoms with Crippen LogP contribution >= 0.6 is 0 Å². The molecular weight excluding hydrogens is 102 g/mol. The van der Waals surface area contributed by atoms with E-state index < -0.39 is 0 Å². The lowest BCUT2D eigenvalue weighted by atomic mass is 10.3. The Labute approximate surface area is 47.8 Å². The molecule has 2 nitrogen and oxygen atoms in total. The van der Waals surface area contributed by atoms with Gasteiger partial charge < -0.3 is 5.11 Å². The van der Waals surface area contributed by atoms with E-state index in [2.05, 4.69) is 4.98 Å². The van der Waals surface area contributed by atoms with E-state index in [4.69, 9.17) is 0 Å². The molecule has 42 valence electrons. The van der Waals surface area contributed by atoms with Crippen LogP contribution in [0, 0.1) is 0 Å². The van der Waals surface area contributed by atoms with Crippen molar-refractivity contribution >= 4 is 0 Å². The van der Waals surface area contributed by atoms with E-state index in [0.29, 0.717) is 0 Å². The zero-order chi connectivity index (χ0) is 5.82. The maximum absolute atomic E-state index is 10.1. The van der Waals surface area contributed by atoms with Crippen LogP contribution in [-0.2, 0) is 6.61 Å². The Morgan fingerprint density at radius 2 is 2.00 bits per heavy atom. The van der Waals surface area contributed by atoms with Gasteiger partial charge in [0, 0.05) is 12.4 Å². The van der Waals surface area contributed by atoms with Gasteiger partial charge in [-0.25, -0.2) is 0 Å². The molecule has 0 saturated heterocycles. The van der Waals surface area contributed by atoms with Crippen LogP contribution < -0.4 is 5.11 Å². The van der Waals surface area contributed by atoms with Gasteiger partial charge in [-0.15, -0.1) is 6.61 Å². The lowest BCUT2D eigenvalue weighted by Gasteiger charge is -1.99. The summed E-state index contributed by atoms with van der Waals surface area (Å²) in [6, 6.07) is 3.43. The Bertz CT molecular complexity index is 150. The van der Waals surface area contributed by atoms with Gasteiger partial charge in [0.25, 0.3) is 0 Å². The largest absolute Gasteiger partial charge is 0.851 e. The fourth-order valence-corrected chi connectivity index (χ4v) is 0.479. The molecule has 0 aliphatic heterocycles. The second-order valence-electron chi connectivity index (χ2n) is 1.50. The SMILES string of the molecule is [O-]Cc1ccncc1. The molecule has 1 rings (SSSR count). The summed E-state index contributed by atoms with van der Waals surface area (Å²) in [4.78, 5) is 3.75. The average Bonchev–Trinajstić information content (AvgIpc) is 1.90. The maximum Gasteiger partial charge on any atom is 0.0270 e. The zero-order valence-corrected chi connectivity index (χ0v) is 4.37. The van der Waals surface area contributed by atoms with Crippen molar-refractivity contribution in [3.05, 3.63) is 30.1 Å². The van der Waals surface area contributed by atoms with E-state index in [-0.39, 0.29) is 6.61 Å². The second kappa shape index (κ2) is 2.43. The topological polar surface area (TPSA) is 36.0 Å². The number of aromatic nitrogens is 1. The molecule has 0 N–H and O–H groups in total. The van der Waals surface area contributed by atoms with Crippen molar-refractivity contribution < 1.29 is 5.11 Å².